The molecule has 0 N–H and O–H groups in total. The maximum absolute atomic E-state index is 4.92. The van der Waals surface area contributed by atoms with E-state index in [4.69, 9.17) is 9.98 Å². The summed E-state index contributed by atoms with van der Waals surface area (Å²) in [4.78, 5) is 9.78. The summed E-state index contributed by atoms with van der Waals surface area (Å²) in [6, 6.07) is 12.8. The van der Waals surface area contributed by atoms with Gasteiger partial charge in [-0.1, -0.05) is 25.5 Å². The fourth-order valence-corrected chi connectivity index (χ4v) is 2.89. The summed E-state index contributed by atoms with van der Waals surface area (Å²) in [7, 11) is 0. The molecule has 2 aromatic rings. The molecule has 0 aliphatic rings. The summed E-state index contributed by atoms with van der Waals surface area (Å²) in [6.45, 7) is 12.8. The van der Waals surface area contributed by atoms with Crippen molar-refractivity contribution in [3.63, 3.8) is 0 Å². The van der Waals surface area contributed by atoms with Crippen LogP contribution in [0.25, 0.3) is 0 Å². The van der Waals surface area contributed by atoms with E-state index in [2.05, 4.69) is 77.9 Å². The molecule has 2 nitrogen and oxygen atoms in total. The quantitative estimate of drug-likeness (QED) is 0.509. The van der Waals surface area contributed by atoms with E-state index in [-0.39, 0.29) is 0 Å². The van der Waals surface area contributed by atoms with Gasteiger partial charge in [-0.25, -0.2) is 0 Å². The van der Waals surface area contributed by atoms with Crippen molar-refractivity contribution >= 4 is 22.8 Å². The van der Waals surface area contributed by atoms with Crippen LogP contribution in [0, 0.1) is 27.7 Å². The Bertz CT molecular complexity index is 777. The number of hydrogen-bond donors (Lipinski definition) is 0. The first-order chi connectivity index (χ1) is 11.9. The van der Waals surface area contributed by atoms with Crippen LogP contribution in [0.5, 0.6) is 0 Å². The number of aryl methyl sites for hydroxylation is 4. The van der Waals surface area contributed by atoms with Crippen molar-refractivity contribution in [3.05, 3.63) is 58.7 Å². The first-order valence-corrected chi connectivity index (χ1v) is 9.18. The smallest absolute Gasteiger partial charge is 0.0638 e. The van der Waals surface area contributed by atoms with Crippen LogP contribution < -0.4 is 0 Å². The zero-order valence-corrected chi connectivity index (χ0v) is 16.5. The Kier molecular flexibility index (Phi) is 6.69. The minimum Gasteiger partial charge on any atom is -0.252 e. The molecule has 0 fully saturated rings. The van der Waals surface area contributed by atoms with Gasteiger partial charge in [0.15, 0.2) is 0 Å². The fourth-order valence-electron chi connectivity index (χ4n) is 2.89. The van der Waals surface area contributed by atoms with Gasteiger partial charge < -0.3 is 0 Å². The van der Waals surface area contributed by atoms with Gasteiger partial charge in [-0.15, -0.1) is 0 Å². The van der Waals surface area contributed by atoms with E-state index in [9.17, 15) is 0 Å². The van der Waals surface area contributed by atoms with Crippen molar-refractivity contribution in [2.45, 2.75) is 60.8 Å². The molecule has 2 aromatic carbocycles. The lowest BCUT2D eigenvalue weighted by Gasteiger charge is -2.08. The Hall–Kier alpha value is -2.22. The van der Waals surface area contributed by atoms with Gasteiger partial charge >= 0.3 is 0 Å². The van der Waals surface area contributed by atoms with Crippen LogP contribution in [-0.2, 0) is 0 Å². The molecule has 0 radical (unpaired) electrons. The molecule has 0 heterocycles. The van der Waals surface area contributed by atoms with E-state index in [1.165, 1.54) is 22.3 Å². The third kappa shape index (κ3) is 5.67. The minimum absolute atomic E-state index is 0.962. The predicted octanol–water partition coefficient (Wildman–Crippen LogP) is 6.98. The second kappa shape index (κ2) is 8.75. The first kappa shape index (κ1) is 19.1. The van der Waals surface area contributed by atoms with Gasteiger partial charge in [0.05, 0.1) is 22.8 Å². The number of hydrogen-bond acceptors (Lipinski definition) is 2. The SMILES string of the molecule is CCCCC(=Nc1ccc(C)c(C)c1)C(C)=Nc1cc(C)cc(C)c1. The van der Waals surface area contributed by atoms with Gasteiger partial charge in [-0.3, -0.25) is 9.98 Å². The number of benzene rings is 2. The summed E-state index contributed by atoms with van der Waals surface area (Å²) < 4.78 is 0. The standard InChI is InChI=1S/C23H30N2/c1-7-8-9-23(25-21-11-10-18(4)19(5)15-21)20(6)24-22-13-16(2)12-17(3)14-22/h10-15H,7-9H2,1-6H3. The predicted molar refractivity (Wildman–Crippen MR) is 111 cm³/mol. The minimum atomic E-state index is 0.962. The van der Waals surface area contributed by atoms with Crippen LogP contribution in [0.15, 0.2) is 46.4 Å². The van der Waals surface area contributed by atoms with Crippen molar-refractivity contribution in [3.8, 4) is 0 Å². The lowest BCUT2D eigenvalue weighted by atomic mass is 10.1. The summed E-state index contributed by atoms with van der Waals surface area (Å²) in [5, 5.41) is 0. The molecule has 0 saturated carbocycles. The molecule has 0 spiro atoms. The normalized spacial score (nSPS) is 12.6. The zero-order valence-electron chi connectivity index (χ0n) is 16.5. The Labute approximate surface area is 152 Å². The molecule has 132 valence electrons. The first-order valence-electron chi connectivity index (χ1n) is 9.18. The highest BCUT2D eigenvalue weighted by Crippen LogP contribution is 2.21. The zero-order chi connectivity index (χ0) is 18.4. The fraction of sp³-hybridized carbons (Fsp3) is 0.391. The van der Waals surface area contributed by atoms with Crippen molar-refractivity contribution in [1.82, 2.24) is 0 Å². The molecule has 0 unspecified atom stereocenters. The molecule has 0 atom stereocenters. The van der Waals surface area contributed by atoms with Gasteiger partial charge in [0.1, 0.15) is 0 Å². The van der Waals surface area contributed by atoms with Gasteiger partial charge in [-0.05, 0) is 94.0 Å². The number of aliphatic imine (C=N–C) groups is 2. The lowest BCUT2D eigenvalue weighted by Crippen LogP contribution is -2.10. The van der Waals surface area contributed by atoms with Gasteiger partial charge in [0, 0.05) is 0 Å². The lowest BCUT2D eigenvalue weighted by molar-refractivity contribution is 0.838. The third-order valence-electron chi connectivity index (χ3n) is 4.44. The average molecular weight is 335 g/mol. The third-order valence-corrected chi connectivity index (χ3v) is 4.44. The summed E-state index contributed by atoms with van der Waals surface area (Å²) in [6.07, 6.45) is 3.25. The molecule has 25 heavy (non-hydrogen) atoms. The van der Waals surface area contributed by atoms with Crippen LogP contribution >= 0.6 is 0 Å². The van der Waals surface area contributed by atoms with Crippen LogP contribution in [0.3, 0.4) is 0 Å². The number of unbranched alkanes of at least 4 members (excludes halogenated alkanes) is 1. The summed E-state index contributed by atoms with van der Waals surface area (Å²) in [5.41, 5.74) is 9.19. The van der Waals surface area contributed by atoms with E-state index >= 15 is 0 Å². The highest BCUT2D eigenvalue weighted by Gasteiger charge is 2.06. The summed E-state index contributed by atoms with van der Waals surface area (Å²) >= 11 is 0. The topological polar surface area (TPSA) is 24.7 Å². The molecule has 0 aromatic heterocycles. The molecule has 0 aliphatic carbocycles. The monoisotopic (exact) mass is 334 g/mol. The average Bonchev–Trinajstić information content (AvgIpc) is 2.53. The Morgan fingerprint density at radius 2 is 1.48 bits per heavy atom. The Balaban J connectivity index is 2.39. The van der Waals surface area contributed by atoms with Crippen molar-refractivity contribution in [2.24, 2.45) is 9.98 Å². The summed E-state index contributed by atoms with van der Waals surface area (Å²) in [5.74, 6) is 0. The van der Waals surface area contributed by atoms with Crippen molar-refractivity contribution < 1.29 is 0 Å². The van der Waals surface area contributed by atoms with Crippen LogP contribution in [0.1, 0.15) is 55.4 Å². The van der Waals surface area contributed by atoms with Gasteiger partial charge in [0.25, 0.3) is 0 Å². The van der Waals surface area contributed by atoms with E-state index in [0.29, 0.717) is 0 Å². The molecule has 0 bridgehead atoms. The van der Waals surface area contributed by atoms with Crippen LogP contribution in [0.4, 0.5) is 11.4 Å². The molecule has 2 rings (SSSR count). The molecule has 0 amide bonds. The Morgan fingerprint density at radius 3 is 2.08 bits per heavy atom. The molecule has 0 saturated heterocycles. The van der Waals surface area contributed by atoms with Crippen molar-refractivity contribution in [1.29, 1.82) is 0 Å². The maximum Gasteiger partial charge on any atom is 0.0638 e. The molecular weight excluding hydrogens is 304 g/mol. The van der Waals surface area contributed by atoms with Gasteiger partial charge in [0.2, 0.25) is 0 Å². The number of nitrogens with zero attached hydrogens (tertiary/aromatic N) is 2. The second-order valence-electron chi connectivity index (χ2n) is 6.97. The van der Waals surface area contributed by atoms with Crippen LogP contribution in [-0.4, -0.2) is 11.4 Å². The largest absolute Gasteiger partial charge is 0.252 e. The van der Waals surface area contributed by atoms with E-state index in [1.807, 2.05) is 0 Å². The molecule has 0 aliphatic heterocycles. The highest BCUT2D eigenvalue weighted by molar-refractivity contribution is 6.42. The number of rotatable bonds is 6. The second-order valence-corrected chi connectivity index (χ2v) is 6.97. The Morgan fingerprint density at radius 1 is 0.800 bits per heavy atom. The van der Waals surface area contributed by atoms with E-state index < -0.39 is 0 Å². The highest BCUT2D eigenvalue weighted by atomic mass is 14.8. The van der Waals surface area contributed by atoms with Crippen molar-refractivity contribution in [2.75, 3.05) is 0 Å². The maximum atomic E-state index is 4.92. The van der Waals surface area contributed by atoms with Gasteiger partial charge in [-0.2, -0.15) is 0 Å². The molecule has 2 heteroatoms. The van der Waals surface area contributed by atoms with E-state index in [0.717, 1.165) is 42.1 Å². The van der Waals surface area contributed by atoms with Crippen LogP contribution in [0.2, 0.25) is 0 Å². The molecular formula is C23H30N2. The van der Waals surface area contributed by atoms with E-state index in [1.54, 1.807) is 0 Å².